The first kappa shape index (κ1) is 27.1. The number of nitrogens with zero attached hydrogens (tertiary/aromatic N) is 2. The van der Waals surface area contributed by atoms with E-state index in [4.69, 9.17) is 4.74 Å². The first-order valence-electron chi connectivity index (χ1n) is 12.5. The summed E-state index contributed by atoms with van der Waals surface area (Å²) >= 11 is 0. The highest BCUT2D eigenvalue weighted by Gasteiger charge is 2.42. The predicted octanol–water partition coefficient (Wildman–Crippen LogP) is 4.09. The summed E-state index contributed by atoms with van der Waals surface area (Å²) in [5, 5.41) is 9.61. The van der Waals surface area contributed by atoms with Crippen LogP contribution < -0.4 is 15.1 Å². The van der Waals surface area contributed by atoms with Crippen molar-refractivity contribution in [3.63, 3.8) is 0 Å². The lowest BCUT2D eigenvalue weighted by atomic mass is 9.98. The highest BCUT2D eigenvalue weighted by atomic mass is 32.2. The van der Waals surface area contributed by atoms with Gasteiger partial charge in [-0.2, -0.15) is 4.31 Å². The fraction of sp³-hybridized carbons (Fsp3) is 0.133. The van der Waals surface area contributed by atoms with E-state index in [9.17, 15) is 23.2 Å². The molecule has 1 unspecified atom stereocenters. The van der Waals surface area contributed by atoms with Crippen LogP contribution in [0.3, 0.4) is 0 Å². The van der Waals surface area contributed by atoms with Crippen molar-refractivity contribution in [2.24, 2.45) is 0 Å². The molecule has 2 amide bonds. The molecule has 10 heteroatoms. The number of nitrogens with one attached hydrogen (secondary N) is 1. The number of sulfonamides is 1. The Morgan fingerprint density at radius 1 is 0.875 bits per heavy atom. The minimum atomic E-state index is -4.25. The van der Waals surface area contributed by atoms with Crippen molar-refractivity contribution in [3.05, 3.63) is 114 Å². The van der Waals surface area contributed by atoms with Gasteiger partial charge in [0.05, 0.1) is 18.6 Å². The van der Waals surface area contributed by atoms with Gasteiger partial charge in [-0.1, -0.05) is 66.7 Å². The Bertz CT molecular complexity index is 1640. The molecule has 40 heavy (non-hydrogen) atoms. The molecule has 204 valence electrons. The summed E-state index contributed by atoms with van der Waals surface area (Å²) < 4.78 is 33.9. The van der Waals surface area contributed by atoms with E-state index in [1.165, 1.54) is 36.3 Å². The number of benzene rings is 4. The summed E-state index contributed by atoms with van der Waals surface area (Å²) in [6.07, 6.45) is 0. The quantitative estimate of drug-likeness (QED) is 0.273. The highest BCUT2D eigenvalue weighted by molar-refractivity contribution is 7.89. The number of rotatable bonds is 6. The number of ether oxygens (including phenoxy) is 1. The summed E-state index contributed by atoms with van der Waals surface area (Å²) in [6, 6.07) is 27.8. The number of anilines is 1. The van der Waals surface area contributed by atoms with Crippen molar-refractivity contribution in [3.8, 4) is 16.9 Å². The van der Waals surface area contributed by atoms with Gasteiger partial charge in [0.25, 0.3) is 11.8 Å². The number of hydroxylamine groups is 1. The van der Waals surface area contributed by atoms with Crippen molar-refractivity contribution in [2.45, 2.75) is 17.5 Å². The van der Waals surface area contributed by atoms with Gasteiger partial charge in [0.2, 0.25) is 10.0 Å². The Kier molecular flexibility index (Phi) is 7.65. The van der Waals surface area contributed by atoms with Gasteiger partial charge in [-0.05, 0) is 53.1 Å². The third-order valence-electron chi connectivity index (χ3n) is 6.88. The van der Waals surface area contributed by atoms with Crippen LogP contribution in [-0.2, 0) is 21.4 Å². The average molecular weight is 558 g/mol. The van der Waals surface area contributed by atoms with Gasteiger partial charge in [-0.25, -0.2) is 13.9 Å². The van der Waals surface area contributed by atoms with Gasteiger partial charge in [0.1, 0.15) is 11.8 Å². The van der Waals surface area contributed by atoms with Crippen LogP contribution in [0, 0.1) is 0 Å². The highest BCUT2D eigenvalue weighted by Crippen LogP contribution is 2.34. The number of fused-ring (bicyclic) bond motifs is 1. The Hall–Kier alpha value is -4.51. The SMILES string of the molecule is COc1ccc(S(=O)(=O)N2Cc3ccccc3N(C(=O)c3ccccc3-c3ccccc3)CC2C(=O)NO)cc1. The van der Waals surface area contributed by atoms with Crippen LogP contribution in [0.4, 0.5) is 5.69 Å². The van der Waals surface area contributed by atoms with Crippen molar-refractivity contribution < 1.29 is 28.0 Å². The maximum absolute atomic E-state index is 14.2. The second-order valence-electron chi connectivity index (χ2n) is 9.17. The van der Waals surface area contributed by atoms with Crippen LogP contribution in [-0.4, -0.2) is 49.4 Å². The first-order chi connectivity index (χ1) is 19.3. The number of para-hydroxylation sites is 1. The minimum absolute atomic E-state index is 0.0595. The normalized spacial score (nSPS) is 15.6. The van der Waals surface area contributed by atoms with Crippen molar-refractivity contribution in [2.75, 3.05) is 18.6 Å². The zero-order valence-corrected chi connectivity index (χ0v) is 22.4. The van der Waals surface area contributed by atoms with E-state index in [2.05, 4.69) is 0 Å². The smallest absolute Gasteiger partial charge is 0.263 e. The largest absolute Gasteiger partial charge is 0.497 e. The van der Waals surface area contributed by atoms with Crippen molar-refractivity contribution >= 4 is 27.5 Å². The van der Waals surface area contributed by atoms with Crippen molar-refractivity contribution in [1.29, 1.82) is 0 Å². The number of carbonyl (C=O) groups excluding carboxylic acids is 2. The third-order valence-corrected chi connectivity index (χ3v) is 8.75. The number of amides is 2. The molecule has 0 aliphatic carbocycles. The van der Waals surface area contributed by atoms with E-state index in [1.807, 2.05) is 42.5 Å². The van der Waals surface area contributed by atoms with Crippen LogP contribution in [0.15, 0.2) is 108 Å². The van der Waals surface area contributed by atoms with Gasteiger partial charge in [0.15, 0.2) is 0 Å². The maximum Gasteiger partial charge on any atom is 0.263 e. The predicted molar refractivity (Wildman–Crippen MR) is 149 cm³/mol. The number of methoxy groups -OCH3 is 1. The van der Waals surface area contributed by atoms with Gasteiger partial charge in [0, 0.05) is 17.8 Å². The fourth-order valence-corrected chi connectivity index (χ4v) is 6.41. The molecule has 0 spiro atoms. The number of carbonyl (C=O) groups is 2. The molecule has 0 radical (unpaired) electrons. The Morgan fingerprint density at radius 2 is 1.52 bits per heavy atom. The topological polar surface area (TPSA) is 116 Å². The second kappa shape index (κ2) is 11.3. The summed E-state index contributed by atoms with van der Waals surface area (Å²) in [6.45, 7) is -0.534. The molecule has 0 saturated carbocycles. The van der Waals surface area contributed by atoms with E-state index >= 15 is 0 Å². The zero-order valence-electron chi connectivity index (χ0n) is 21.6. The molecule has 1 aliphatic heterocycles. The number of hydrogen-bond donors (Lipinski definition) is 2. The lowest BCUT2D eigenvalue weighted by molar-refractivity contribution is -0.133. The average Bonchev–Trinajstić information content (AvgIpc) is 3.19. The van der Waals surface area contributed by atoms with Gasteiger partial charge >= 0.3 is 0 Å². The Labute approximate surface area is 232 Å². The zero-order chi connectivity index (χ0) is 28.3. The molecular weight excluding hydrogens is 530 g/mol. The molecule has 9 nitrogen and oxygen atoms in total. The summed E-state index contributed by atoms with van der Waals surface area (Å²) in [4.78, 5) is 28.6. The molecule has 1 heterocycles. The summed E-state index contributed by atoms with van der Waals surface area (Å²) in [5.41, 5.74) is 4.51. The molecule has 1 atom stereocenters. The van der Waals surface area contributed by atoms with Gasteiger partial charge in [-0.3, -0.25) is 14.8 Å². The Balaban J connectivity index is 1.62. The summed E-state index contributed by atoms with van der Waals surface area (Å²) in [5.74, 6) is -0.899. The second-order valence-corrected chi connectivity index (χ2v) is 11.1. The molecule has 5 rings (SSSR count). The van der Waals surface area contributed by atoms with Gasteiger partial charge in [-0.15, -0.1) is 0 Å². The maximum atomic E-state index is 14.2. The molecule has 4 aromatic carbocycles. The van der Waals surface area contributed by atoms with Crippen LogP contribution in [0.5, 0.6) is 5.75 Å². The molecule has 0 fully saturated rings. The minimum Gasteiger partial charge on any atom is -0.497 e. The van der Waals surface area contributed by atoms with Crippen molar-refractivity contribution in [1.82, 2.24) is 9.79 Å². The lowest BCUT2D eigenvalue weighted by Gasteiger charge is -2.30. The van der Waals surface area contributed by atoms with Crippen LogP contribution in [0.25, 0.3) is 11.1 Å². The molecule has 2 N–H and O–H groups in total. The van der Waals surface area contributed by atoms with E-state index in [0.29, 0.717) is 28.1 Å². The van der Waals surface area contributed by atoms with Crippen LogP contribution in [0.1, 0.15) is 15.9 Å². The molecule has 4 aromatic rings. The van der Waals surface area contributed by atoms with Crippen LogP contribution in [0.2, 0.25) is 0 Å². The third kappa shape index (κ3) is 5.07. The molecule has 0 saturated heterocycles. The van der Waals surface area contributed by atoms with Gasteiger partial charge < -0.3 is 9.64 Å². The van der Waals surface area contributed by atoms with E-state index in [1.54, 1.807) is 41.9 Å². The van der Waals surface area contributed by atoms with E-state index in [-0.39, 0.29) is 18.0 Å². The molecule has 0 bridgehead atoms. The monoisotopic (exact) mass is 557 g/mol. The summed E-state index contributed by atoms with van der Waals surface area (Å²) in [7, 11) is -2.78. The molecule has 0 aromatic heterocycles. The van der Waals surface area contributed by atoms with E-state index < -0.39 is 27.9 Å². The van der Waals surface area contributed by atoms with E-state index in [0.717, 1.165) is 9.87 Å². The first-order valence-corrected chi connectivity index (χ1v) is 13.9. The fourth-order valence-electron chi connectivity index (χ4n) is 4.85. The molecule has 1 aliphatic rings. The standard InChI is InChI=1S/C30H27N3O6S/c1-39-23-15-17-24(18-16-23)40(37,38)33-19-22-11-5-8-14-27(22)32(20-28(33)29(34)31-36)30(35)26-13-7-6-12-25(26)21-9-3-2-4-10-21/h2-18,28,36H,19-20H2,1H3,(H,31,34). The number of hydrogen-bond acceptors (Lipinski definition) is 6. The molecular formula is C30H27N3O6S. The lowest BCUT2D eigenvalue weighted by Crippen LogP contribution is -2.53. The van der Waals surface area contributed by atoms with Crippen LogP contribution >= 0.6 is 0 Å². The Morgan fingerprint density at radius 3 is 2.23 bits per heavy atom.